The maximum Gasteiger partial charge on any atom is 0.340 e. The van der Waals surface area contributed by atoms with Crippen molar-refractivity contribution in [3.05, 3.63) is 84.8 Å². The van der Waals surface area contributed by atoms with Crippen LogP contribution in [0.25, 0.3) is 29.9 Å². The summed E-state index contributed by atoms with van der Waals surface area (Å²) in [4.78, 5) is 49.6. The predicted molar refractivity (Wildman–Crippen MR) is 182 cm³/mol. The molecule has 2 aliphatic heterocycles. The average molecular weight is 641 g/mol. The summed E-state index contributed by atoms with van der Waals surface area (Å²) in [7, 11) is 4.05. The molecule has 5 rings (SSSR count). The van der Waals surface area contributed by atoms with Crippen LogP contribution in [0.4, 0.5) is 0 Å². The van der Waals surface area contributed by atoms with Crippen LogP contribution in [0.3, 0.4) is 0 Å². The second-order valence-electron chi connectivity index (χ2n) is 12.2. The molecule has 0 unspecified atom stereocenters. The first kappa shape index (κ1) is 33.4. The van der Waals surface area contributed by atoms with Crippen LogP contribution in [0, 0.1) is 32.6 Å². The molecule has 8 bridgehead atoms. The minimum Gasteiger partial charge on any atom is -0.469 e. The van der Waals surface area contributed by atoms with E-state index in [-0.39, 0.29) is 30.6 Å². The fraction of sp³-hybridized carbons (Fsp3) is 0.378. The lowest BCUT2D eigenvalue weighted by Crippen LogP contribution is -2.17. The van der Waals surface area contributed by atoms with Crippen molar-refractivity contribution < 1.29 is 28.6 Å². The van der Waals surface area contributed by atoms with Gasteiger partial charge >= 0.3 is 17.9 Å². The number of hydrogen-bond acceptors (Lipinski definition) is 7. The highest BCUT2D eigenvalue weighted by Gasteiger charge is 2.37. The van der Waals surface area contributed by atoms with Gasteiger partial charge in [-0.05, 0) is 74.1 Å². The van der Waals surface area contributed by atoms with Gasteiger partial charge in [0.2, 0.25) is 0 Å². The lowest BCUT2D eigenvalue weighted by Gasteiger charge is -2.19. The average Bonchev–Trinajstić information content (AvgIpc) is 3.74. The minimum atomic E-state index is -0.527. The van der Waals surface area contributed by atoms with Gasteiger partial charge in [0.05, 0.1) is 39.0 Å². The summed E-state index contributed by atoms with van der Waals surface area (Å²) >= 11 is 0. The molecular formula is C37H44N4O6. The molecule has 10 heteroatoms. The molecule has 2 aliphatic rings. The van der Waals surface area contributed by atoms with Crippen molar-refractivity contribution in [3.63, 3.8) is 0 Å². The Morgan fingerprint density at radius 3 is 2.17 bits per heavy atom. The number of aromatic amines is 3. The number of H-pyrrole nitrogens is 3. The molecule has 1 fully saturated rings. The number of carbonyl (C=O) groups is 3. The molecule has 3 aromatic rings. The van der Waals surface area contributed by atoms with E-state index in [0.717, 1.165) is 62.2 Å². The summed E-state index contributed by atoms with van der Waals surface area (Å²) in [5.41, 5.74) is 10.5. The topological polar surface area (TPSA) is 138 Å². The third kappa shape index (κ3) is 6.00. The monoisotopic (exact) mass is 640 g/mol. The maximum atomic E-state index is 13.5. The Labute approximate surface area is 274 Å². The van der Waals surface area contributed by atoms with E-state index < -0.39 is 11.9 Å². The van der Waals surface area contributed by atoms with Crippen LogP contribution >= 0.6 is 0 Å². The Balaban J connectivity index is 1.94. The van der Waals surface area contributed by atoms with Gasteiger partial charge in [0.15, 0.2) is 0 Å². The van der Waals surface area contributed by atoms with E-state index in [1.807, 2.05) is 19.1 Å². The molecule has 0 radical (unpaired) electrons. The number of rotatable bonds is 8. The summed E-state index contributed by atoms with van der Waals surface area (Å²) in [5.74, 6) is -1.61. The van der Waals surface area contributed by atoms with Crippen LogP contribution in [0.15, 0.2) is 18.0 Å². The van der Waals surface area contributed by atoms with Crippen molar-refractivity contribution in [1.82, 2.24) is 20.3 Å². The predicted octanol–water partition coefficient (Wildman–Crippen LogP) is 4.68. The van der Waals surface area contributed by atoms with E-state index in [9.17, 15) is 14.4 Å². The summed E-state index contributed by atoms with van der Waals surface area (Å²) in [6, 6.07) is 0. The van der Waals surface area contributed by atoms with E-state index in [2.05, 4.69) is 66.7 Å². The first-order chi connectivity index (χ1) is 22.5. The molecule has 4 N–H and O–H groups in total. The third-order valence-electron chi connectivity index (χ3n) is 9.74. The normalized spacial score (nSPS) is 16.9. The van der Waals surface area contributed by atoms with Crippen LogP contribution in [0.5, 0.6) is 0 Å². The Hall–Kier alpha value is -4.99. The van der Waals surface area contributed by atoms with Gasteiger partial charge in [0.1, 0.15) is 0 Å². The number of methoxy groups -OCH3 is 3. The number of hydrogen-bond donors (Lipinski definition) is 4. The van der Waals surface area contributed by atoms with Gasteiger partial charge in [-0.2, -0.15) is 0 Å². The van der Waals surface area contributed by atoms with Gasteiger partial charge in [0, 0.05) is 68.6 Å². The zero-order chi connectivity index (χ0) is 34.2. The molecule has 0 amide bonds. The SMILES string of the molecule is C=Cc1c2[nH]c(c1C)C=C1NC(=C(CC(=O)OC)c3[nH]c(c(C)c3C(=O)OC)C=c3[nH]c(c(C)c3CC)=C2)[C@@H](CCC(=O)OC)[C@@H]1C. The van der Waals surface area contributed by atoms with E-state index in [1.54, 1.807) is 0 Å². The van der Waals surface area contributed by atoms with Crippen molar-refractivity contribution in [3.8, 4) is 0 Å². The smallest absolute Gasteiger partial charge is 0.340 e. The summed E-state index contributed by atoms with van der Waals surface area (Å²) in [5, 5.41) is 5.50. The van der Waals surface area contributed by atoms with Crippen LogP contribution in [-0.4, -0.2) is 54.2 Å². The van der Waals surface area contributed by atoms with Crippen LogP contribution in [0.1, 0.15) is 94.1 Å². The second kappa shape index (κ2) is 13.4. The van der Waals surface area contributed by atoms with Gasteiger partial charge in [0.25, 0.3) is 0 Å². The molecule has 10 nitrogen and oxygen atoms in total. The summed E-state index contributed by atoms with van der Waals surface area (Å²) in [6.07, 6.45) is 9.36. The third-order valence-corrected chi connectivity index (χ3v) is 9.74. The van der Waals surface area contributed by atoms with Crippen molar-refractivity contribution >= 4 is 47.8 Å². The maximum absolute atomic E-state index is 13.5. The molecule has 3 aromatic heterocycles. The standard InChI is InChI=1S/C37H44N4O6/c1-10-22-18(3)26-15-28-20(5)24(12-13-32(42)45-7)35(40-28)25(14-33(43)46-8)36-34(37(44)47-9)21(6)29(41-36)17-31-23(11-2)19(4)27(39-31)16-30(22)38-26/h10,15-17,20,24,38-41H,1,11-14H2,2-9H3/t20-,24-/m0/s1. The van der Waals surface area contributed by atoms with Gasteiger partial charge in [-0.25, -0.2) is 4.79 Å². The first-order valence-electron chi connectivity index (χ1n) is 15.9. The quantitative estimate of drug-likeness (QED) is 0.207. The summed E-state index contributed by atoms with van der Waals surface area (Å²) < 4.78 is 15.4. The molecule has 2 atom stereocenters. The highest BCUT2D eigenvalue weighted by atomic mass is 16.5. The molecular weight excluding hydrogens is 596 g/mol. The number of nitrogens with one attached hydrogen (secondary N) is 4. The van der Waals surface area contributed by atoms with Gasteiger partial charge in [-0.15, -0.1) is 0 Å². The van der Waals surface area contributed by atoms with Crippen molar-refractivity contribution in [2.75, 3.05) is 21.3 Å². The number of fused-ring (bicyclic) bond motifs is 8. The lowest BCUT2D eigenvalue weighted by atomic mass is 9.85. The molecule has 1 saturated heterocycles. The van der Waals surface area contributed by atoms with Gasteiger partial charge in [-0.3, -0.25) is 9.59 Å². The van der Waals surface area contributed by atoms with Crippen molar-refractivity contribution in [2.24, 2.45) is 11.8 Å². The zero-order valence-corrected chi connectivity index (χ0v) is 28.4. The highest BCUT2D eigenvalue weighted by molar-refractivity contribution is 6.00. The molecule has 0 aliphatic carbocycles. The van der Waals surface area contributed by atoms with Crippen LogP contribution < -0.4 is 16.0 Å². The van der Waals surface area contributed by atoms with E-state index >= 15 is 0 Å². The number of aromatic nitrogens is 3. The molecule has 0 spiro atoms. The Bertz CT molecular complexity index is 1960. The Morgan fingerprint density at radius 1 is 0.851 bits per heavy atom. The van der Waals surface area contributed by atoms with Crippen molar-refractivity contribution in [2.45, 2.75) is 60.3 Å². The fourth-order valence-corrected chi connectivity index (χ4v) is 6.96. The number of ether oxygens (including phenoxy) is 3. The van der Waals surface area contributed by atoms with Crippen molar-refractivity contribution in [1.29, 1.82) is 0 Å². The first-order valence-corrected chi connectivity index (χ1v) is 15.9. The fourth-order valence-electron chi connectivity index (χ4n) is 6.96. The molecule has 47 heavy (non-hydrogen) atoms. The second-order valence-corrected chi connectivity index (χ2v) is 12.2. The summed E-state index contributed by atoms with van der Waals surface area (Å²) in [6.45, 7) is 14.3. The van der Waals surface area contributed by atoms with Gasteiger partial charge in [-0.1, -0.05) is 26.5 Å². The lowest BCUT2D eigenvalue weighted by molar-refractivity contribution is -0.141. The Kier molecular flexibility index (Phi) is 9.51. The zero-order valence-electron chi connectivity index (χ0n) is 28.4. The van der Waals surface area contributed by atoms with E-state index in [0.29, 0.717) is 34.5 Å². The number of esters is 3. The molecule has 0 aromatic carbocycles. The van der Waals surface area contributed by atoms with Gasteiger partial charge < -0.3 is 34.5 Å². The highest BCUT2D eigenvalue weighted by Crippen LogP contribution is 2.43. The minimum absolute atomic E-state index is 0.0798. The molecule has 5 heterocycles. The van der Waals surface area contributed by atoms with Crippen LogP contribution in [-0.2, 0) is 30.2 Å². The number of allylic oxidation sites excluding steroid dienone is 2. The van der Waals surface area contributed by atoms with Crippen LogP contribution in [0.2, 0.25) is 0 Å². The molecule has 0 saturated carbocycles. The molecule has 248 valence electrons. The Morgan fingerprint density at radius 2 is 1.53 bits per heavy atom. The largest absolute Gasteiger partial charge is 0.469 e. The van der Waals surface area contributed by atoms with E-state index in [1.165, 1.54) is 21.3 Å². The number of carbonyl (C=O) groups excluding carboxylic acids is 3. The van der Waals surface area contributed by atoms with E-state index in [4.69, 9.17) is 14.2 Å².